The van der Waals surface area contributed by atoms with Crippen LogP contribution in [-0.4, -0.2) is 30.2 Å². The van der Waals surface area contributed by atoms with Crippen molar-refractivity contribution in [1.82, 2.24) is 10.6 Å². The summed E-state index contributed by atoms with van der Waals surface area (Å²) in [4.78, 5) is 21.9. The van der Waals surface area contributed by atoms with E-state index in [1.807, 2.05) is 0 Å². The van der Waals surface area contributed by atoms with E-state index in [-0.39, 0.29) is 6.03 Å². The topological polar surface area (TPSA) is 78.4 Å². The van der Waals surface area contributed by atoms with Gasteiger partial charge in [-0.05, 0) is 18.3 Å². The van der Waals surface area contributed by atoms with Crippen molar-refractivity contribution >= 4 is 12.0 Å². The van der Waals surface area contributed by atoms with Crippen molar-refractivity contribution in [1.29, 1.82) is 0 Å². The molecule has 2 amide bonds. The van der Waals surface area contributed by atoms with Crippen LogP contribution in [-0.2, 0) is 4.79 Å². The molecule has 0 aromatic heterocycles. The van der Waals surface area contributed by atoms with E-state index in [0.29, 0.717) is 31.3 Å². The van der Waals surface area contributed by atoms with Gasteiger partial charge in [0.15, 0.2) is 0 Å². The maximum Gasteiger partial charge on any atom is 0.314 e. The molecule has 2 atom stereocenters. The zero-order valence-electron chi connectivity index (χ0n) is 11.1. The largest absolute Gasteiger partial charge is 0.481 e. The van der Waals surface area contributed by atoms with Gasteiger partial charge in [0.05, 0.1) is 5.92 Å². The number of carbonyl (C=O) groups is 2. The zero-order valence-corrected chi connectivity index (χ0v) is 11.1. The fourth-order valence-electron chi connectivity index (χ4n) is 1.08. The number of carboxylic acid groups (broad SMARTS) is 1. The zero-order chi connectivity index (χ0) is 13.4. The summed E-state index contributed by atoms with van der Waals surface area (Å²) in [5, 5.41) is 14.1. The third kappa shape index (κ3) is 7.60. The smallest absolute Gasteiger partial charge is 0.314 e. The van der Waals surface area contributed by atoms with E-state index in [2.05, 4.69) is 31.4 Å². The van der Waals surface area contributed by atoms with Gasteiger partial charge in [-0.1, -0.05) is 27.7 Å². The molecule has 0 aromatic carbocycles. The third-order valence-electron chi connectivity index (χ3n) is 3.01. The Morgan fingerprint density at radius 2 is 1.71 bits per heavy atom. The van der Waals surface area contributed by atoms with Crippen molar-refractivity contribution in [3.05, 3.63) is 0 Å². The first-order valence-electron chi connectivity index (χ1n) is 6.09. The number of hydrogen-bond acceptors (Lipinski definition) is 2. The minimum atomic E-state index is -0.833. The third-order valence-corrected chi connectivity index (χ3v) is 3.01. The quantitative estimate of drug-likeness (QED) is 0.637. The molecule has 0 saturated heterocycles. The molecule has 0 saturated carbocycles. The van der Waals surface area contributed by atoms with Crippen molar-refractivity contribution in [2.75, 3.05) is 13.1 Å². The van der Waals surface area contributed by atoms with Crippen molar-refractivity contribution in [3.8, 4) is 0 Å². The maximum atomic E-state index is 11.4. The summed E-state index contributed by atoms with van der Waals surface area (Å²) in [6.45, 7) is 8.95. The SMILES string of the molecule is CC(CCNC(=O)NCC(C)C(C)C)C(=O)O. The first-order chi connectivity index (χ1) is 7.84. The van der Waals surface area contributed by atoms with E-state index in [1.165, 1.54) is 0 Å². The minimum Gasteiger partial charge on any atom is -0.481 e. The van der Waals surface area contributed by atoms with E-state index in [0.717, 1.165) is 0 Å². The summed E-state index contributed by atoms with van der Waals surface area (Å²) < 4.78 is 0. The van der Waals surface area contributed by atoms with Gasteiger partial charge in [0.2, 0.25) is 0 Å². The van der Waals surface area contributed by atoms with Crippen molar-refractivity contribution in [2.24, 2.45) is 17.8 Å². The lowest BCUT2D eigenvalue weighted by Crippen LogP contribution is -2.39. The molecule has 0 spiro atoms. The van der Waals surface area contributed by atoms with E-state index >= 15 is 0 Å². The molecular formula is C12H24N2O3. The predicted octanol–water partition coefficient (Wildman–Crippen LogP) is 1.69. The molecule has 0 rings (SSSR count). The minimum absolute atomic E-state index is 0.227. The van der Waals surface area contributed by atoms with Crippen LogP contribution in [0.15, 0.2) is 0 Å². The summed E-state index contributed by atoms with van der Waals surface area (Å²) >= 11 is 0. The van der Waals surface area contributed by atoms with Crippen LogP contribution < -0.4 is 10.6 Å². The molecule has 0 heterocycles. The molecule has 0 bridgehead atoms. The number of carboxylic acids is 1. The van der Waals surface area contributed by atoms with E-state index < -0.39 is 11.9 Å². The van der Waals surface area contributed by atoms with Gasteiger partial charge in [-0.2, -0.15) is 0 Å². The molecule has 0 aliphatic rings. The normalized spacial score (nSPS) is 14.2. The van der Waals surface area contributed by atoms with Gasteiger partial charge < -0.3 is 15.7 Å². The van der Waals surface area contributed by atoms with Gasteiger partial charge in [-0.3, -0.25) is 4.79 Å². The van der Waals surface area contributed by atoms with Crippen LogP contribution in [0.2, 0.25) is 0 Å². The Labute approximate surface area is 103 Å². The van der Waals surface area contributed by atoms with Crippen molar-refractivity contribution < 1.29 is 14.7 Å². The fraction of sp³-hybridized carbons (Fsp3) is 0.833. The van der Waals surface area contributed by atoms with E-state index in [9.17, 15) is 9.59 Å². The monoisotopic (exact) mass is 244 g/mol. The fourth-order valence-corrected chi connectivity index (χ4v) is 1.08. The highest BCUT2D eigenvalue weighted by atomic mass is 16.4. The second kappa shape index (κ2) is 7.92. The standard InChI is InChI=1S/C12H24N2O3/c1-8(2)10(4)7-14-12(17)13-6-5-9(3)11(15)16/h8-10H,5-7H2,1-4H3,(H,15,16)(H2,13,14,17). The number of rotatable bonds is 7. The van der Waals surface area contributed by atoms with Crippen LogP contribution in [0.1, 0.15) is 34.1 Å². The molecule has 5 heteroatoms. The second-order valence-corrected chi connectivity index (χ2v) is 4.89. The maximum absolute atomic E-state index is 11.4. The summed E-state index contributed by atoms with van der Waals surface area (Å²) in [5.41, 5.74) is 0. The number of aliphatic carboxylic acids is 1. The molecule has 17 heavy (non-hydrogen) atoms. The van der Waals surface area contributed by atoms with E-state index in [4.69, 9.17) is 5.11 Å². The Morgan fingerprint density at radius 1 is 1.12 bits per heavy atom. The first kappa shape index (κ1) is 15.7. The Kier molecular flexibility index (Phi) is 7.34. The summed E-state index contributed by atoms with van der Waals surface area (Å²) in [6.07, 6.45) is 0.447. The Bertz CT molecular complexity index is 254. The van der Waals surface area contributed by atoms with Gasteiger partial charge in [0.1, 0.15) is 0 Å². The molecule has 100 valence electrons. The number of nitrogens with one attached hydrogen (secondary N) is 2. The molecule has 0 aliphatic heterocycles. The number of urea groups is 1. The molecule has 0 fully saturated rings. The van der Waals surface area contributed by atoms with Crippen LogP contribution in [0, 0.1) is 17.8 Å². The highest BCUT2D eigenvalue weighted by molar-refractivity contribution is 5.74. The Morgan fingerprint density at radius 3 is 2.18 bits per heavy atom. The van der Waals surface area contributed by atoms with Crippen molar-refractivity contribution in [2.45, 2.75) is 34.1 Å². The molecule has 3 N–H and O–H groups in total. The van der Waals surface area contributed by atoms with Crippen LogP contribution in [0.4, 0.5) is 4.79 Å². The molecule has 5 nitrogen and oxygen atoms in total. The first-order valence-corrected chi connectivity index (χ1v) is 6.09. The second-order valence-electron chi connectivity index (χ2n) is 4.89. The van der Waals surface area contributed by atoms with Gasteiger partial charge in [-0.25, -0.2) is 4.79 Å². The van der Waals surface area contributed by atoms with Crippen molar-refractivity contribution in [3.63, 3.8) is 0 Å². The molecule has 0 radical (unpaired) electrons. The number of carbonyl (C=O) groups excluding carboxylic acids is 1. The summed E-state index contributed by atoms with van der Waals surface area (Å²) in [6, 6.07) is -0.227. The van der Waals surface area contributed by atoms with Crippen LogP contribution >= 0.6 is 0 Å². The predicted molar refractivity (Wildman–Crippen MR) is 66.8 cm³/mol. The summed E-state index contributed by atoms with van der Waals surface area (Å²) in [7, 11) is 0. The molecule has 2 unspecified atom stereocenters. The van der Waals surface area contributed by atoms with Crippen LogP contribution in [0.25, 0.3) is 0 Å². The van der Waals surface area contributed by atoms with Crippen LogP contribution in [0.5, 0.6) is 0 Å². The average molecular weight is 244 g/mol. The van der Waals surface area contributed by atoms with Gasteiger partial charge in [0, 0.05) is 13.1 Å². The Hall–Kier alpha value is -1.26. The van der Waals surface area contributed by atoms with E-state index in [1.54, 1.807) is 6.92 Å². The van der Waals surface area contributed by atoms with Gasteiger partial charge in [-0.15, -0.1) is 0 Å². The lowest BCUT2D eigenvalue weighted by atomic mass is 9.98. The number of hydrogen-bond donors (Lipinski definition) is 3. The molecule has 0 aromatic rings. The highest BCUT2D eigenvalue weighted by Crippen LogP contribution is 2.07. The Balaban J connectivity index is 3.64. The van der Waals surface area contributed by atoms with Crippen LogP contribution in [0.3, 0.4) is 0 Å². The summed E-state index contributed by atoms with van der Waals surface area (Å²) in [5.74, 6) is -0.299. The lowest BCUT2D eigenvalue weighted by Gasteiger charge is -2.16. The lowest BCUT2D eigenvalue weighted by molar-refractivity contribution is -0.141. The van der Waals surface area contributed by atoms with Gasteiger partial charge >= 0.3 is 12.0 Å². The average Bonchev–Trinajstić information content (AvgIpc) is 2.25. The number of amides is 2. The molecule has 0 aliphatic carbocycles. The molecular weight excluding hydrogens is 220 g/mol. The highest BCUT2D eigenvalue weighted by Gasteiger charge is 2.11. The van der Waals surface area contributed by atoms with Gasteiger partial charge in [0.25, 0.3) is 0 Å².